The molecule has 1 rings (SSSR count). The largest absolute Gasteiger partial charge is 0.419 e. The lowest BCUT2D eigenvalue weighted by atomic mass is 10.0. The van der Waals surface area contributed by atoms with Crippen molar-refractivity contribution < 1.29 is 22.7 Å². The Morgan fingerprint density at radius 2 is 1.88 bits per heavy atom. The van der Waals surface area contributed by atoms with Gasteiger partial charge in [-0.15, -0.1) is 0 Å². The molecule has 0 spiro atoms. The van der Waals surface area contributed by atoms with Gasteiger partial charge in [-0.1, -0.05) is 6.07 Å². The first-order valence-corrected chi connectivity index (χ1v) is 4.53. The summed E-state index contributed by atoms with van der Waals surface area (Å²) >= 11 is 0. The molecule has 16 heavy (non-hydrogen) atoms. The van der Waals surface area contributed by atoms with Crippen molar-refractivity contribution >= 4 is 0 Å². The van der Waals surface area contributed by atoms with Crippen LogP contribution >= 0.6 is 0 Å². The Labute approximate surface area is 89.7 Å². The fourth-order valence-corrected chi connectivity index (χ4v) is 1.25. The summed E-state index contributed by atoms with van der Waals surface area (Å²) in [5.41, 5.74) is 4.02. The predicted molar refractivity (Wildman–Crippen MR) is 50.0 cm³/mol. The van der Waals surface area contributed by atoms with Crippen LogP contribution in [0.1, 0.15) is 24.2 Å². The summed E-state index contributed by atoms with van der Waals surface area (Å²) in [6.07, 6.45) is -5.92. The highest BCUT2D eigenvalue weighted by Gasteiger charge is 2.34. The molecule has 0 heterocycles. The van der Waals surface area contributed by atoms with Gasteiger partial charge in [-0.05, 0) is 24.6 Å². The van der Waals surface area contributed by atoms with E-state index in [1.165, 1.54) is 6.92 Å². The van der Waals surface area contributed by atoms with Crippen LogP contribution < -0.4 is 5.73 Å². The maximum absolute atomic E-state index is 13.1. The number of hydrogen-bond acceptors (Lipinski definition) is 2. The van der Waals surface area contributed by atoms with E-state index in [2.05, 4.69) is 0 Å². The van der Waals surface area contributed by atoms with E-state index in [0.29, 0.717) is 12.1 Å². The normalized spacial score (nSPS) is 15.9. The molecule has 0 amide bonds. The fraction of sp³-hybridized carbons (Fsp3) is 0.400. The summed E-state index contributed by atoms with van der Waals surface area (Å²) in [4.78, 5) is 0. The summed E-state index contributed by atoms with van der Waals surface area (Å²) in [5.74, 6) is -1.41. The van der Waals surface area contributed by atoms with Gasteiger partial charge in [0.2, 0.25) is 0 Å². The molecule has 0 fully saturated rings. The van der Waals surface area contributed by atoms with Crippen LogP contribution in [0.5, 0.6) is 0 Å². The van der Waals surface area contributed by atoms with Gasteiger partial charge in [-0.2, -0.15) is 13.2 Å². The lowest BCUT2D eigenvalue weighted by Gasteiger charge is -2.16. The van der Waals surface area contributed by atoms with Crippen LogP contribution in [0.15, 0.2) is 18.2 Å². The molecule has 90 valence electrons. The quantitative estimate of drug-likeness (QED) is 0.775. The van der Waals surface area contributed by atoms with Gasteiger partial charge in [0.15, 0.2) is 0 Å². The van der Waals surface area contributed by atoms with Crippen LogP contribution in [0.4, 0.5) is 17.6 Å². The highest BCUT2D eigenvalue weighted by atomic mass is 19.4. The minimum absolute atomic E-state index is 0.0282. The Kier molecular flexibility index (Phi) is 3.54. The minimum Gasteiger partial charge on any atom is -0.387 e. The standard InChI is InChI=1S/C10H11F4NO/c1-5(15)9(16)6-2-3-7(8(11)4-6)10(12,13)14/h2-5,9,16H,15H2,1H3/t5-,9-/m1/s1. The third kappa shape index (κ3) is 2.70. The van der Waals surface area contributed by atoms with E-state index in [0.717, 1.165) is 6.07 Å². The zero-order valence-electron chi connectivity index (χ0n) is 8.42. The topological polar surface area (TPSA) is 46.2 Å². The first-order valence-electron chi connectivity index (χ1n) is 4.53. The molecule has 1 aromatic carbocycles. The van der Waals surface area contributed by atoms with Crippen molar-refractivity contribution in [3.63, 3.8) is 0 Å². The van der Waals surface area contributed by atoms with Crippen molar-refractivity contribution in [3.05, 3.63) is 35.1 Å². The molecule has 0 aliphatic heterocycles. The molecule has 0 aliphatic rings. The Hall–Kier alpha value is -1.14. The highest BCUT2D eigenvalue weighted by molar-refractivity contribution is 5.28. The van der Waals surface area contributed by atoms with Gasteiger partial charge >= 0.3 is 6.18 Å². The van der Waals surface area contributed by atoms with Crippen LogP contribution in [0.2, 0.25) is 0 Å². The van der Waals surface area contributed by atoms with Gasteiger partial charge in [-0.3, -0.25) is 0 Å². The van der Waals surface area contributed by atoms with Gasteiger partial charge in [-0.25, -0.2) is 4.39 Å². The van der Waals surface area contributed by atoms with Crippen molar-refractivity contribution in [3.8, 4) is 0 Å². The summed E-state index contributed by atoms with van der Waals surface area (Å²) in [7, 11) is 0. The van der Waals surface area contributed by atoms with E-state index in [9.17, 15) is 22.7 Å². The maximum atomic E-state index is 13.1. The lowest BCUT2D eigenvalue weighted by Crippen LogP contribution is -2.24. The van der Waals surface area contributed by atoms with Gasteiger partial charge < -0.3 is 10.8 Å². The number of benzene rings is 1. The molecule has 0 saturated carbocycles. The Bertz CT molecular complexity index is 376. The Balaban J connectivity index is 3.09. The number of rotatable bonds is 2. The number of nitrogens with two attached hydrogens (primary N) is 1. The van der Waals surface area contributed by atoms with E-state index < -0.39 is 29.7 Å². The maximum Gasteiger partial charge on any atom is 0.419 e. The third-order valence-electron chi connectivity index (χ3n) is 2.14. The molecule has 0 aromatic heterocycles. The molecule has 3 N–H and O–H groups in total. The Morgan fingerprint density at radius 1 is 1.31 bits per heavy atom. The number of aliphatic hydroxyl groups is 1. The molecular weight excluding hydrogens is 226 g/mol. The van der Waals surface area contributed by atoms with E-state index in [1.54, 1.807) is 0 Å². The van der Waals surface area contributed by atoms with Crippen molar-refractivity contribution in [2.24, 2.45) is 5.73 Å². The SMILES string of the molecule is C[C@@H](N)[C@@H](O)c1ccc(C(F)(F)F)c(F)c1. The number of hydrogen-bond donors (Lipinski definition) is 2. The highest BCUT2D eigenvalue weighted by Crippen LogP contribution is 2.32. The van der Waals surface area contributed by atoms with E-state index in [-0.39, 0.29) is 5.56 Å². The van der Waals surface area contributed by atoms with Crippen LogP contribution in [-0.2, 0) is 6.18 Å². The predicted octanol–water partition coefficient (Wildman–Crippen LogP) is 2.23. The third-order valence-corrected chi connectivity index (χ3v) is 2.14. The molecule has 0 unspecified atom stereocenters. The van der Waals surface area contributed by atoms with Crippen molar-refractivity contribution in [2.75, 3.05) is 0 Å². The van der Waals surface area contributed by atoms with Crippen molar-refractivity contribution in [2.45, 2.75) is 25.2 Å². The first kappa shape index (κ1) is 12.9. The molecular formula is C10H11F4NO. The molecule has 0 aliphatic carbocycles. The summed E-state index contributed by atoms with van der Waals surface area (Å²) in [6, 6.07) is 1.57. The van der Waals surface area contributed by atoms with Gasteiger partial charge in [0.1, 0.15) is 5.82 Å². The van der Waals surface area contributed by atoms with Crippen LogP contribution in [-0.4, -0.2) is 11.1 Å². The lowest BCUT2D eigenvalue weighted by molar-refractivity contribution is -0.140. The monoisotopic (exact) mass is 237 g/mol. The summed E-state index contributed by atoms with van der Waals surface area (Å²) < 4.78 is 49.7. The fourth-order valence-electron chi connectivity index (χ4n) is 1.25. The number of alkyl halides is 3. The molecule has 2 atom stereocenters. The van der Waals surface area contributed by atoms with Crippen LogP contribution in [0.3, 0.4) is 0 Å². The zero-order chi connectivity index (χ0) is 12.5. The van der Waals surface area contributed by atoms with E-state index in [1.807, 2.05) is 0 Å². The number of halogens is 4. The molecule has 0 radical (unpaired) electrons. The molecule has 6 heteroatoms. The second kappa shape index (κ2) is 4.39. The van der Waals surface area contributed by atoms with Gasteiger partial charge in [0.25, 0.3) is 0 Å². The molecule has 2 nitrogen and oxygen atoms in total. The smallest absolute Gasteiger partial charge is 0.387 e. The summed E-state index contributed by atoms with van der Waals surface area (Å²) in [5, 5.41) is 9.44. The number of aliphatic hydroxyl groups excluding tert-OH is 1. The zero-order valence-corrected chi connectivity index (χ0v) is 8.42. The second-order valence-corrected chi connectivity index (χ2v) is 3.54. The average molecular weight is 237 g/mol. The van der Waals surface area contributed by atoms with Gasteiger partial charge in [0.05, 0.1) is 11.7 Å². The molecule has 0 saturated heterocycles. The molecule has 1 aromatic rings. The average Bonchev–Trinajstić information content (AvgIpc) is 2.14. The Morgan fingerprint density at radius 3 is 2.25 bits per heavy atom. The van der Waals surface area contributed by atoms with Crippen LogP contribution in [0, 0.1) is 5.82 Å². The van der Waals surface area contributed by atoms with Crippen LogP contribution in [0.25, 0.3) is 0 Å². The first-order chi connectivity index (χ1) is 7.23. The second-order valence-electron chi connectivity index (χ2n) is 3.54. The van der Waals surface area contributed by atoms with E-state index >= 15 is 0 Å². The molecule has 0 bridgehead atoms. The van der Waals surface area contributed by atoms with Crippen molar-refractivity contribution in [1.82, 2.24) is 0 Å². The summed E-state index contributed by atoms with van der Waals surface area (Å²) in [6.45, 7) is 1.47. The van der Waals surface area contributed by atoms with Gasteiger partial charge in [0, 0.05) is 6.04 Å². The van der Waals surface area contributed by atoms with E-state index in [4.69, 9.17) is 5.73 Å². The minimum atomic E-state index is -4.73. The van der Waals surface area contributed by atoms with Crippen molar-refractivity contribution in [1.29, 1.82) is 0 Å².